The molecule has 0 fully saturated rings. The van der Waals surface area contributed by atoms with E-state index in [1.54, 1.807) is 0 Å². The van der Waals surface area contributed by atoms with Gasteiger partial charge >= 0.3 is 61.8 Å². The van der Waals surface area contributed by atoms with E-state index in [1.165, 1.54) is 0 Å². The minimum absolute atomic E-state index is 0.236. The van der Waals surface area contributed by atoms with Crippen molar-refractivity contribution >= 4 is 43.6 Å². The molecule has 11 aromatic carbocycles. The summed E-state index contributed by atoms with van der Waals surface area (Å²) < 4.78 is 440. The smallest absolute Gasteiger partial charge is 0.309 e. The van der Waals surface area contributed by atoms with E-state index in [0.717, 1.165) is 118 Å². The average molecular weight is 1570 g/mol. The maximum Gasteiger partial charge on any atom is 0.417 e. The first-order valence-corrected chi connectivity index (χ1v) is 31.1. The number of aromatic nitrogens is 2. The molecule has 0 amide bonds. The first kappa shape index (κ1) is 76.6. The maximum atomic E-state index is 15.0. The minimum atomic E-state index is -5.59. The Kier molecular flexibility index (Phi) is 18.0. The number of hydrogen-bond donors (Lipinski definition) is 0. The van der Waals surface area contributed by atoms with E-state index < -0.39 is 184 Å². The van der Waals surface area contributed by atoms with Crippen molar-refractivity contribution in [2.75, 3.05) is 0 Å². The predicted molar refractivity (Wildman–Crippen MR) is 342 cm³/mol. The molecule has 0 spiro atoms. The van der Waals surface area contributed by atoms with Crippen LogP contribution in [0.4, 0.5) is 132 Å². The standard InChI is InChI=1S/C77H33F30N3/c78-68(79,80)42-7-12-48(58(30-42)74(96,97)98)37-3-17-63-54(25-37)55-26-38(49-13-8-43(69(81,82)83)31-59(49)75(99,100)101)4-18-64(55)109(63)62-16-2-36(41-22-46(72(90,91)92)29-47(23-41)73(93,94)95)24-53(62)52-11-1-35(34-108)21-67(52)110-65-19-5-39(50-14-9-44(70(84,85)86)32-60(50)76(102,103)104)27-56(65)57-28-40(6-20-66(57)110)51-15-10-45(71(87,88)89)33-61(51)77(105,106)107/h1-33H. The van der Waals surface area contributed by atoms with Gasteiger partial charge in [-0.1, -0.05) is 60.7 Å². The van der Waals surface area contributed by atoms with Crippen LogP contribution in [-0.4, -0.2) is 9.13 Å². The van der Waals surface area contributed by atoms with E-state index in [4.69, 9.17) is 0 Å². The Balaban J connectivity index is 1.17. The number of rotatable bonds is 8. The molecule has 3 nitrogen and oxygen atoms in total. The van der Waals surface area contributed by atoms with Crippen LogP contribution in [0.25, 0.3) is 122 Å². The summed E-state index contributed by atoms with van der Waals surface area (Å²) in [5, 5.41) is 9.18. The van der Waals surface area contributed by atoms with Gasteiger partial charge in [0.05, 0.1) is 101 Å². The van der Waals surface area contributed by atoms with Crippen molar-refractivity contribution in [3.8, 4) is 84.2 Å². The lowest BCUT2D eigenvalue weighted by atomic mass is 9.93. The van der Waals surface area contributed by atoms with Crippen LogP contribution in [0.5, 0.6) is 0 Å². The Labute approximate surface area is 595 Å². The van der Waals surface area contributed by atoms with Gasteiger partial charge in [0.1, 0.15) is 0 Å². The number of alkyl halides is 30. The first-order valence-electron chi connectivity index (χ1n) is 31.1. The third kappa shape index (κ3) is 14.2. The lowest BCUT2D eigenvalue weighted by molar-refractivity contribution is -0.144. The first-order chi connectivity index (χ1) is 50.8. The van der Waals surface area contributed by atoms with E-state index in [2.05, 4.69) is 0 Å². The maximum absolute atomic E-state index is 15.0. The van der Waals surface area contributed by atoms with Gasteiger partial charge < -0.3 is 9.13 Å². The molecule has 13 rings (SSSR count). The monoisotopic (exact) mass is 1570 g/mol. The fraction of sp³-hybridized carbons (Fsp3) is 0.130. The molecule has 0 unspecified atom stereocenters. The number of halogens is 30. The number of hydrogen-bond acceptors (Lipinski definition) is 1. The molecule has 0 saturated carbocycles. The van der Waals surface area contributed by atoms with Crippen molar-refractivity contribution in [1.82, 2.24) is 9.13 Å². The summed E-state index contributed by atoms with van der Waals surface area (Å²) in [4.78, 5) is 0. The molecule has 0 saturated heterocycles. The number of nitriles is 1. The van der Waals surface area contributed by atoms with Crippen LogP contribution in [0, 0.1) is 11.3 Å². The fourth-order valence-electron chi connectivity index (χ4n) is 13.3. The molecule has 2 heterocycles. The fourth-order valence-corrected chi connectivity index (χ4v) is 13.3. The highest BCUT2D eigenvalue weighted by Gasteiger charge is 2.44. The molecular weight excluding hydrogens is 1540 g/mol. The van der Waals surface area contributed by atoms with Crippen LogP contribution >= 0.6 is 0 Å². The Morgan fingerprint density at radius 3 is 0.745 bits per heavy atom. The molecule has 110 heavy (non-hydrogen) atoms. The molecule has 33 heteroatoms. The van der Waals surface area contributed by atoms with Crippen molar-refractivity contribution in [2.24, 2.45) is 0 Å². The van der Waals surface area contributed by atoms with E-state index in [1.807, 2.05) is 6.07 Å². The zero-order valence-electron chi connectivity index (χ0n) is 53.7. The molecule has 0 bridgehead atoms. The third-order valence-corrected chi connectivity index (χ3v) is 18.2. The lowest BCUT2D eigenvalue weighted by Gasteiger charge is -2.21. The summed E-state index contributed by atoms with van der Waals surface area (Å²) in [5.74, 6) is 0. The van der Waals surface area contributed by atoms with Crippen LogP contribution in [0.3, 0.4) is 0 Å². The van der Waals surface area contributed by atoms with E-state index in [0.29, 0.717) is 24.3 Å². The van der Waals surface area contributed by atoms with Crippen LogP contribution in [0.2, 0.25) is 0 Å². The van der Waals surface area contributed by atoms with Crippen molar-refractivity contribution in [3.63, 3.8) is 0 Å². The molecule has 0 atom stereocenters. The second-order valence-corrected chi connectivity index (χ2v) is 25.0. The van der Waals surface area contributed by atoms with Crippen LogP contribution in [0.1, 0.15) is 61.2 Å². The van der Waals surface area contributed by atoms with Crippen molar-refractivity contribution in [3.05, 3.63) is 261 Å². The molecule has 0 radical (unpaired) electrons. The van der Waals surface area contributed by atoms with Gasteiger partial charge in [-0.15, -0.1) is 0 Å². The van der Waals surface area contributed by atoms with Crippen molar-refractivity contribution < 1.29 is 132 Å². The molecule has 13 aromatic rings. The molecule has 0 N–H and O–H groups in total. The van der Waals surface area contributed by atoms with Crippen LogP contribution in [-0.2, 0) is 61.8 Å². The number of benzene rings is 11. The van der Waals surface area contributed by atoms with E-state index in [-0.39, 0.29) is 127 Å². The average Bonchev–Trinajstić information content (AvgIpc) is 1.57. The normalized spacial score (nSPS) is 13.4. The van der Waals surface area contributed by atoms with E-state index in [9.17, 15) is 84.3 Å². The Morgan fingerprint density at radius 2 is 0.473 bits per heavy atom. The summed E-state index contributed by atoms with van der Waals surface area (Å²) in [6, 6.07) is 21.3. The van der Waals surface area contributed by atoms with Crippen LogP contribution < -0.4 is 0 Å². The summed E-state index contributed by atoms with van der Waals surface area (Å²) >= 11 is 0. The van der Waals surface area contributed by atoms with Gasteiger partial charge in [0, 0.05) is 32.7 Å². The SMILES string of the molecule is N#Cc1ccc(-c2cc(-c3cc(C(F)(F)F)cc(C(F)(F)F)c3)ccc2-n2c3ccc(-c4ccc(C(F)(F)F)cc4C(F)(F)F)cc3c3cc(-c4ccc(C(F)(F)F)cc4C(F)(F)F)ccc32)c(-n2c3ccc(-c4ccc(C(F)(F)F)cc4C(F)(F)F)cc3c3cc(-c4ccc(C(F)(F)F)cc4C(F)(F)F)ccc32)c1. The number of nitrogens with zero attached hydrogens (tertiary/aromatic N) is 3. The highest BCUT2D eigenvalue weighted by molar-refractivity contribution is 6.14. The second-order valence-electron chi connectivity index (χ2n) is 25.0. The van der Waals surface area contributed by atoms with E-state index >= 15 is 52.7 Å². The highest BCUT2D eigenvalue weighted by Crippen LogP contribution is 2.52. The molecule has 566 valence electrons. The Morgan fingerprint density at radius 1 is 0.200 bits per heavy atom. The summed E-state index contributed by atoms with van der Waals surface area (Å²) in [5.41, 5.74) is -29.4. The second kappa shape index (κ2) is 25.8. The molecular formula is C77H33F30N3. The van der Waals surface area contributed by atoms with Crippen molar-refractivity contribution in [1.29, 1.82) is 5.26 Å². The van der Waals surface area contributed by atoms with Gasteiger partial charge in [-0.25, -0.2) is 0 Å². The van der Waals surface area contributed by atoms with Crippen LogP contribution in [0.15, 0.2) is 200 Å². The zero-order valence-corrected chi connectivity index (χ0v) is 53.7. The topological polar surface area (TPSA) is 33.6 Å². The quantitative estimate of drug-likeness (QED) is 0.140. The summed E-state index contributed by atoms with van der Waals surface area (Å²) in [6.07, 6.45) is -55.0. The van der Waals surface area contributed by atoms with Gasteiger partial charge in [0.25, 0.3) is 0 Å². The minimum Gasteiger partial charge on any atom is -0.309 e. The molecule has 0 aliphatic heterocycles. The summed E-state index contributed by atoms with van der Waals surface area (Å²) in [7, 11) is 0. The Hall–Kier alpha value is -11.6. The largest absolute Gasteiger partial charge is 0.417 e. The van der Waals surface area contributed by atoms with Crippen molar-refractivity contribution in [2.45, 2.75) is 61.8 Å². The lowest BCUT2D eigenvalue weighted by Crippen LogP contribution is -2.12. The van der Waals surface area contributed by atoms with Gasteiger partial charge in [-0.05, 0) is 195 Å². The third-order valence-electron chi connectivity index (χ3n) is 18.2. The van der Waals surface area contributed by atoms with Gasteiger partial charge in [-0.3, -0.25) is 0 Å². The Bertz CT molecular complexity index is 5650. The predicted octanol–water partition coefficient (Wildman–Crippen LogP) is 27.9. The molecule has 0 aliphatic rings. The number of fused-ring (bicyclic) bond motifs is 6. The van der Waals surface area contributed by atoms with Gasteiger partial charge in [0.2, 0.25) is 0 Å². The van der Waals surface area contributed by atoms with Gasteiger partial charge in [0.15, 0.2) is 0 Å². The zero-order chi connectivity index (χ0) is 80.2. The van der Waals surface area contributed by atoms with Gasteiger partial charge in [-0.2, -0.15) is 137 Å². The summed E-state index contributed by atoms with van der Waals surface area (Å²) in [6.45, 7) is 0. The molecule has 0 aliphatic carbocycles. The molecule has 2 aromatic heterocycles. The highest BCUT2D eigenvalue weighted by atomic mass is 19.4.